The van der Waals surface area contributed by atoms with Crippen molar-refractivity contribution in [2.75, 3.05) is 38.7 Å². The van der Waals surface area contributed by atoms with Crippen molar-refractivity contribution < 1.29 is 9.53 Å². The Hall–Kier alpha value is -2.15. The Balaban J connectivity index is 1.83. The molecule has 0 saturated heterocycles. The summed E-state index contributed by atoms with van der Waals surface area (Å²) in [4.78, 5) is 22.1. The fourth-order valence-electron chi connectivity index (χ4n) is 3.25. The number of rotatable bonds is 11. The Morgan fingerprint density at radius 1 is 1.10 bits per heavy atom. The summed E-state index contributed by atoms with van der Waals surface area (Å²) in [5.41, 5.74) is 1.46. The summed E-state index contributed by atoms with van der Waals surface area (Å²) >= 11 is 7.63. The van der Waals surface area contributed by atoms with Crippen molar-refractivity contribution in [3.8, 4) is 5.75 Å². The molecule has 1 aromatic heterocycles. The second kappa shape index (κ2) is 11.5. The topological polar surface area (TPSA) is 45.7 Å². The molecule has 166 valence electrons. The number of unbranched alkanes of at least 4 members (excludes halogenated alkanes) is 2. The first-order chi connectivity index (χ1) is 15.0. The van der Waals surface area contributed by atoms with E-state index in [1.165, 1.54) is 11.3 Å². The molecule has 3 aromatic rings. The highest BCUT2D eigenvalue weighted by Crippen LogP contribution is 2.32. The van der Waals surface area contributed by atoms with Crippen LogP contribution in [-0.4, -0.2) is 49.6 Å². The molecule has 0 N–H and O–H groups in total. The molecule has 1 heterocycles. The Morgan fingerprint density at radius 3 is 2.71 bits per heavy atom. The molecule has 1 amide bonds. The van der Waals surface area contributed by atoms with Gasteiger partial charge in [-0.2, -0.15) is 0 Å². The molecule has 0 radical (unpaired) electrons. The standard InChI is InChI=1S/C24H30ClN3O2S/c1-4-5-6-15-30-20-10-7-9-18(16-20)23(29)28(14-8-13-27(2)3)24-26-21-12-11-19(25)17-22(21)31-24/h7,9-12,16-17H,4-6,8,13-15H2,1-3H3. The zero-order valence-corrected chi connectivity index (χ0v) is 20.0. The van der Waals surface area contributed by atoms with Crippen LogP contribution in [0, 0.1) is 0 Å². The van der Waals surface area contributed by atoms with Crippen molar-refractivity contribution in [3.05, 3.63) is 53.1 Å². The summed E-state index contributed by atoms with van der Waals surface area (Å²) in [6, 6.07) is 13.1. The largest absolute Gasteiger partial charge is 0.494 e. The number of hydrogen-bond donors (Lipinski definition) is 0. The quantitative estimate of drug-likeness (QED) is 0.324. The van der Waals surface area contributed by atoms with E-state index in [0.29, 0.717) is 28.9 Å². The van der Waals surface area contributed by atoms with E-state index in [9.17, 15) is 4.79 Å². The van der Waals surface area contributed by atoms with Crippen LogP contribution in [0.2, 0.25) is 5.02 Å². The van der Waals surface area contributed by atoms with Gasteiger partial charge in [0.05, 0.1) is 16.8 Å². The van der Waals surface area contributed by atoms with E-state index in [-0.39, 0.29) is 5.91 Å². The second-order valence-electron chi connectivity index (χ2n) is 7.81. The van der Waals surface area contributed by atoms with Gasteiger partial charge in [-0.15, -0.1) is 0 Å². The Kier molecular flexibility index (Phi) is 8.69. The van der Waals surface area contributed by atoms with Crippen LogP contribution >= 0.6 is 22.9 Å². The zero-order valence-electron chi connectivity index (χ0n) is 18.4. The van der Waals surface area contributed by atoms with Gasteiger partial charge in [0.15, 0.2) is 5.13 Å². The Labute approximate surface area is 193 Å². The minimum atomic E-state index is -0.0667. The van der Waals surface area contributed by atoms with Gasteiger partial charge in [0.25, 0.3) is 5.91 Å². The summed E-state index contributed by atoms with van der Waals surface area (Å²) in [6.45, 7) is 4.31. The molecule has 0 unspecified atom stereocenters. The average molecular weight is 460 g/mol. The van der Waals surface area contributed by atoms with Crippen molar-refractivity contribution in [2.45, 2.75) is 32.6 Å². The fraction of sp³-hybridized carbons (Fsp3) is 0.417. The highest BCUT2D eigenvalue weighted by Gasteiger charge is 2.21. The molecule has 2 aromatic carbocycles. The van der Waals surface area contributed by atoms with E-state index in [2.05, 4.69) is 11.8 Å². The predicted molar refractivity (Wildman–Crippen MR) is 131 cm³/mol. The number of thiazole rings is 1. The van der Waals surface area contributed by atoms with Crippen LogP contribution in [0.25, 0.3) is 10.2 Å². The van der Waals surface area contributed by atoms with Gasteiger partial charge in [-0.05, 0) is 69.9 Å². The molecule has 0 saturated carbocycles. The lowest BCUT2D eigenvalue weighted by molar-refractivity contribution is 0.0985. The first-order valence-electron chi connectivity index (χ1n) is 10.7. The first kappa shape index (κ1) is 23.5. The number of halogens is 1. The van der Waals surface area contributed by atoms with Gasteiger partial charge in [-0.3, -0.25) is 9.69 Å². The monoisotopic (exact) mass is 459 g/mol. The lowest BCUT2D eigenvalue weighted by atomic mass is 10.2. The molecule has 5 nitrogen and oxygen atoms in total. The van der Waals surface area contributed by atoms with Crippen LogP contribution in [-0.2, 0) is 0 Å². The van der Waals surface area contributed by atoms with Crippen LogP contribution in [0.4, 0.5) is 5.13 Å². The molecule has 0 fully saturated rings. The number of carbonyl (C=O) groups excluding carboxylic acids is 1. The van der Waals surface area contributed by atoms with Crippen molar-refractivity contribution in [1.29, 1.82) is 0 Å². The van der Waals surface area contributed by atoms with E-state index in [1.807, 2.05) is 56.6 Å². The number of nitrogens with zero attached hydrogens (tertiary/aromatic N) is 3. The summed E-state index contributed by atoms with van der Waals surface area (Å²) in [5, 5.41) is 1.36. The molecule has 0 aliphatic heterocycles. The van der Waals surface area contributed by atoms with Crippen LogP contribution in [0.1, 0.15) is 43.0 Å². The Morgan fingerprint density at radius 2 is 1.94 bits per heavy atom. The van der Waals surface area contributed by atoms with Gasteiger partial charge in [-0.25, -0.2) is 4.98 Å². The molecule has 0 aliphatic carbocycles. The lowest BCUT2D eigenvalue weighted by Gasteiger charge is -2.21. The number of fused-ring (bicyclic) bond motifs is 1. The second-order valence-corrected chi connectivity index (χ2v) is 9.25. The normalized spacial score (nSPS) is 11.3. The summed E-state index contributed by atoms with van der Waals surface area (Å²) < 4.78 is 6.83. The van der Waals surface area contributed by atoms with Crippen molar-refractivity contribution in [1.82, 2.24) is 9.88 Å². The number of aromatic nitrogens is 1. The third-order valence-electron chi connectivity index (χ3n) is 4.90. The predicted octanol–water partition coefficient (Wildman–Crippen LogP) is 6.12. The number of benzene rings is 2. The molecular weight excluding hydrogens is 430 g/mol. The Bertz CT molecular complexity index is 1010. The molecule has 31 heavy (non-hydrogen) atoms. The number of hydrogen-bond acceptors (Lipinski definition) is 5. The van der Waals surface area contributed by atoms with Crippen LogP contribution in [0.3, 0.4) is 0 Å². The van der Waals surface area contributed by atoms with Crippen LogP contribution in [0.5, 0.6) is 5.75 Å². The summed E-state index contributed by atoms with van der Waals surface area (Å²) in [6.07, 6.45) is 4.15. The summed E-state index contributed by atoms with van der Waals surface area (Å²) in [7, 11) is 4.07. The van der Waals surface area contributed by atoms with Gasteiger partial charge in [0.1, 0.15) is 5.75 Å². The number of ether oxygens (including phenoxy) is 1. The highest BCUT2D eigenvalue weighted by molar-refractivity contribution is 7.22. The third-order valence-corrected chi connectivity index (χ3v) is 6.18. The maximum absolute atomic E-state index is 13.5. The van der Waals surface area contributed by atoms with E-state index in [1.54, 1.807) is 4.90 Å². The SMILES string of the molecule is CCCCCOc1cccc(C(=O)N(CCCN(C)C)c2nc3ccc(Cl)cc3s2)c1. The molecule has 7 heteroatoms. The lowest BCUT2D eigenvalue weighted by Crippen LogP contribution is -2.33. The smallest absolute Gasteiger partial charge is 0.260 e. The molecule has 0 spiro atoms. The van der Waals surface area contributed by atoms with E-state index in [0.717, 1.165) is 48.2 Å². The first-order valence-corrected chi connectivity index (χ1v) is 11.9. The van der Waals surface area contributed by atoms with Gasteiger partial charge < -0.3 is 9.64 Å². The van der Waals surface area contributed by atoms with E-state index >= 15 is 0 Å². The fourth-order valence-corrected chi connectivity index (χ4v) is 4.51. The molecule has 0 aliphatic rings. The van der Waals surface area contributed by atoms with Gasteiger partial charge in [0.2, 0.25) is 0 Å². The maximum Gasteiger partial charge on any atom is 0.260 e. The van der Waals surface area contributed by atoms with Crippen LogP contribution in [0.15, 0.2) is 42.5 Å². The summed E-state index contributed by atoms with van der Waals surface area (Å²) in [5.74, 6) is 0.661. The number of amides is 1. The molecule has 0 bridgehead atoms. The van der Waals surface area contributed by atoms with E-state index < -0.39 is 0 Å². The molecule has 0 atom stereocenters. The molecule has 3 rings (SSSR count). The molecular formula is C24H30ClN3O2S. The van der Waals surface area contributed by atoms with Crippen LogP contribution < -0.4 is 9.64 Å². The van der Waals surface area contributed by atoms with Crippen molar-refractivity contribution >= 4 is 44.2 Å². The maximum atomic E-state index is 13.5. The van der Waals surface area contributed by atoms with Gasteiger partial charge in [-0.1, -0.05) is 48.8 Å². The minimum Gasteiger partial charge on any atom is -0.494 e. The zero-order chi connectivity index (χ0) is 22.2. The van der Waals surface area contributed by atoms with Crippen molar-refractivity contribution in [2.24, 2.45) is 0 Å². The number of anilines is 1. The average Bonchev–Trinajstić information content (AvgIpc) is 3.16. The highest BCUT2D eigenvalue weighted by atomic mass is 35.5. The van der Waals surface area contributed by atoms with Gasteiger partial charge >= 0.3 is 0 Å². The van der Waals surface area contributed by atoms with Crippen molar-refractivity contribution in [3.63, 3.8) is 0 Å². The third kappa shape index (κ3) is 6.66. The van der Waals surface area contributed by atoms with Gasteiger partial charge in [0, 0.05) is 17.1 Å². The number of carbonyl (C=O) groups is 1. The minimum absolute atomic E-state index is 0.0667. The van der Waals surface area contributed by atoms with E-state index in [4.69, 9.17) is 21.3 Å².